The molecule has 5 aromatic rings. The average Bonchev–Trinajstić information content (AvgIpc) is 3.25. The van der Waals surface area contributed by atoms with Crippen LogP contribution in [0.25, 0.3) is 33.1 Å². The predicted molar refractivity (Wildman–Crippen MR) is 140 cm³/mol. The van der Waals surface area contributed by atoms with Crippen LogP contribution in [0.5, 0.6) is 0 Å². The molecule has 0 aliphatic carbocycles. The number of aromatic nitrogens is 2. The average molecular weight is 564 g/mol. The number of aromatic amines is 1. The van der Waals surface area contributed by atoms with Crippen molar-refractivity contribution in [3.05, 3.63) is 98.6 Å². The Morgan fingerprint density at radius 3 is 2.52 bits per heavy atom. The van der Waals surface area contributed by atoms with Crippen molar-refractivity contribution in [3.8, 4) is 11.3 Å². The minimum Gasteiger partial charge on any atom is -0.360 e. The number of pyridine rings is 1. The number of nitrogens with two attached hydrogens (primary N) is 1. The van der Waals surface area contributed by atoms with Crippen LogP contribution in [0.15, 0.2) is 81.9 Å². The van der Waals surface area contributed by atoms with Crippen molar-refractivity contribution in [2.75, 3.05) is 0 Å². The van der Waals surface area contributed by atoms with Gasteiger partial charge in [0.25, 0.3) is 5.91 Å². The molecule has 3 aromatic carbocycles. The summed E-state index contributed by atoms with van der Waals surface area (Å²) in [6, 6.07) is 21.6. The highest BCUT2D eigenvalue weighted by Crippen LogP contribution is 2.33. The van der Waals surface area contributed by atoms with E-state index in [-0.39, 0.29) is 5.91 Å². The summed E-state index contributed by atoms with van der Waals surface area (Å²) >= 11 is 7.07. The second kappa shape index (κ2) is 9.09. The highest BCUT2D eigenvalue weighted by atomic mass is 79.9. The van der Waals surface area contributed by atoms with Gasteiger partial charge in [0.05, 0.1) is 16.8 Å². The van der Waals surface area contributed by atoms with E-state index in [4.69, 9.17) is 10.7 Å². The van der Waals surface area contributed by atoms with Crippen LogP contribution >= 0.6 is 31.9 Å². The van der Waals surface area contributed by atoms with Gasteiger partial charge in [0.1, 0.15) is 0 Å². The van der Waals surface area contributed by atoms with Crippen molar-refractivity contribution >= 4 is 59.6 Å². The maximum atomic E-state index is 13.3. The molecule has 0 saturated carbocycles. The Kier molecular flexibility index (Phi) is 6.01. The van der Waals surface area contributed by atoms with E-state index in [1.165, 1.54) is 0 Å². The molecule has 2 aromatic heterocycles. The molecule has 7 heteroatoms. The molecule has 0 aliphatic rings. The van der Waals surface area contributed by atoms with Crippen molar-refractivity contribution < 1.29 is 4.79 Å². The maximum Gasteiger partial charge on any atom is 0.252 e. The maximum absolute atomic E-state index is 13.3. The van der Waals surface area contributed by atoms with E-state index in [1.807, 2.05) is 66.9 Å². The number of hydrogen-bond acceptors (Lipinski definition) is 3. The Bertz CT molecular complexity index is 1510. The first-order chi connectivity index (χ1) is 16.0. The van der Waals surface area contributed by atoms with E-state index in [0.717, 1.165) is 53.1 Å². The number of carbonyl (C=O) groups excluding carboxylic acids is 1. The standard InChI is InChI=1S/C26H20Br2N4O/c27-17-4-6-23-20(10-17)22(14-30-23)25-11-21(19-9-18(28)5-7-24(19)32-25)26(33)31-13-16-3-1-2-15(8-16)12-29/h1-11,14,30H,12-13,29H2,(H,31,33). The normalized spacial score (nSPS) is 11.2. The zero-order valence-electron chi connectivity index (χ0n) is 17.5. The van der Waals surface area contributed by atoms with Gasteiger partial charge in [0, 0.05) is 50.1 Å². The van der Waals surface area contributed by atoms with Crippen LogP contribution in [0.1, 0.15) is 21.5 Å². The summed E-state index contributed by atoms with van der Waals surface area (Å²) in [5.41, 5.74) is 11.8. The Balaban J connectivity index is 1.57. The topological polar surface area (TPSA) is 83.8 Å². The van der Waals surface area contributed by atoms with Crippen molar-refractivity contribution in [3.63, 3.8) is 0 Å². The Hall–Kier alpha value is -3.00. The minimum absolute atomic E-state index is 0.152. The van der Waals surface area contributed by atoms with Crippen LogP contribution in [0, 0.1) is 0 Å². The second-order valence-electron chi connectivity index (χ2n) is 7.82. The summed E-state index contributed by atoms with van der Waals surface area (Å²) < 4.78 is 1.88. The summed E-state index contributed by atoms with van der Waals surface area (Å²) in [4.78, 5) is 21.5. The molecule has 0 saturated heterocycles. The number of halogens is 2. The van der Waals surface area contributed by atoms with E-state index in [1.54, 1.807) is 0 Å². The Morgan fingerprint density at radius 1 is 0.939 bits per heavy atom. The number of amides is 1. The van der Waals surface area contributed by atoms with Crippen molar-refractivity contribution in [1.29, 1.82) is 0 Å². The van der Waals surface area contributed by atoms with Crippen molar-refractivity contribution in [2.24, 2.45) is 5.73 Å². The summed E-state index contributed by atoms with van der Waals surface area (Å²) in [5.74, 6) is -0.152. The van der Waals surface area contributed by atoms with Gasteiger partial charge in [-0.1, -0.05) is 56.1 Å². The third-order valence-corrected chi connectivity index (χ3v) is 6.60. The van der Waals surface area contributed by atoms with Gasteiger partial charge >= 0.3 is 0 Å². The molecule has 2 heterocycles. The molecule has 0 aliphatic heterocycles. The van der Waals surface area contributed by atoms with Gasteiger partial charge in [-0.3, -0.25) is 4.79 Å². The van der Waals surface area contributed by atoms with Crippen molar-refractivity contribution in [1.82, 2.24) is 15.3 Å². The SMILES string of the molecule is NCc1cccc(CNC(=O)c2cc(-c3c[nH]c4ccc(Br)cc34)nc3ccc(Br)cc23)c1. The minimum atomic E-state index is -0.152. The van der Waals surface area contributed by atoms with Gasteiger partial charge < -0.3 is 16.0 Å². The van der Waals surface area contributed by atoms with E-state index < -0.39 is 0 Å². The number of rotatable bonds is 5. The van der Waals surface area contributed by atoms with E-state index in [9.17, 15) is 4.79 Å². The zero-order valence-corrected chi connectivity index (χ0v) is 20.7. The molecule has 0 bridgehead atoms. The molecule has 0 atom stereocenters. The predicted octanol–water partition coefficient (Wildman–Crippen LogP) is 6.30. The Morgan fingerprint density at radius 2 is 1.70 bits per heavy atom. The molecule has 5 rings (SSSR count). The second-order valence-corrected chi connectivity index (χ2v) is 9.65. The lowest BCUT2D eigenvalue weighted by molar-refractivity contribution is 0.0952. The van der Waals surface area contributed by atoms with Gasteiger partial charge in [-0.25, -0.2) is 4.98 Å². The Labute approximate surface area is 207 Å². The third kappa shape index (κ3) is 4.44. The highest BCUT2D eigenvalue weighted by molar-refractivity contribution is 9.10. The lowest BCUT2D eigenvalue weighted by atomic mass is 10.0. The monoisotopic (exact) mass is 562 g/mol. The first-order valence-corrected chi connectivity index (χ1v) is 12.0. The third-order valence-electron chi connectivity index (χ3n) is 5.62. The molecule has 5 nitrogen and oxygen atoms in total. The van der Waals surface area contributed by atoms with Crippen molar-refractivity contribution in [2.45, 2.75) is 13.1 Å². The lowest BCUT2D eigenvalue weighted by Crippen LogP contribution is -2.23. The van der Waals surface area contributed by atoms with Crippen LogP contribution < -0.4 is 11.1 Å². The molecule has 164 valence electrons. The summed E-state index contributed by atoms with van der Waals surface area (Å²) in [5, 5.41) is 4.89. The fourth-order valence-electron chi connectivity index (χ4n) is 3.97. The smallest absolute Gasteiger partial charge is 0.252 e. The molecular weight excluding hydrogens is 544 g/mol. The van der Waals surface area contributed by atoms with Gasteiger partial charge in [0.15, 0.2) is 0 Å². The van der Waals surface area contributed by atoms with Crippen LogP contribution in [-0.4, -0.2) is 15.9 Å². The molecule has 0 spiro atoms. The molecule has 0 unspecified atom stereocenters. The first kappa shape index (κ1) is 21.8. The molecular formula is C26H20Br2N4O. The molecule has 1 amide bonds. The molecule has 4 N–H and O–H groups in total. The van der Waals surface area contributed by atoms with Gasteiger partial charge in [-0.15, -0.1) is 0 Å². The lowest BCUT2D eigenvalue weighted by Gasteiger charge is -2.11. The van der Waals surface area contributed by atoms with Gasteiger partial charge in [-0.2, -0.15) is 0 Å². The molecule has 0 radical (unpaired) electrons. The quantitative estimate of drug-likeness (QED) is 0.235. The van der Waals surface area contributed by atoms with Crippen LogP contribution in [0.3, 0.4) is 0 Å². The number of H-pyrrole nitrogens is 1. The fraction of sp³-hybridized carbons (Fsp3) is 0.0769. The summed E-state index contributed by atoms with van der Waals surface area (Å²) in [6.07, 6.45) is 1.93. The summed E-state index contributed by atoms with van der Waals surface area (Å²) in [7, 11) is 0. The molecule has 33 heavy (non-hydrogen) atoms. The van der Waals surface area contributed by atoms with Crippen LogP contribution in [-0.2, 0) is 13.1 Å². The fourth-order valence-corrected chi connectivity index (χ4v) is 4.69. The van der Waals surface area contributed by atoms with Crippen LogP contribution in [0.2, 0.25) is 0 Å². The largest absolute Gasteiger partial charge is 0.360 e. The van der Waals surface area contributed by atoms with Gasteiger partial charge in [-0.05, 0) is 53.6 Å². The number of benzene rings is 3. The first-order valence-electron chi connectivity index (χ1n) is 10.5. The zero-order chi connectivity index (χ0) is 22.9. The highest BCUT2D eigenvalue weighted by Gasteiger charge is 2.16. The van der Waals surface area contributed by atoms with Gasteiger partial charge in [0.2, 0.25) is 0 Å². The molecule has 0 fully saturated rings. The van der Waals surface area contributed by atoms with E-state index in [0.29, 0.717) is 18.7 Å². The number of carbonyl (C=O) groups is 1. The van der Waals surface area contributed by atoms with E-state index >= 15 is 0 Å². The number of fused-ring (bicyclic) bond motifs is 2. The van der Waals surface area contributed by atoms with E-state index in [2.05, 4.69) is 48.2 Å². The number of nitrogens with one attached hydrogen (secondary N) is 2. The number of nitrogens with zero attached hydrogens (tertiary/aromatic N) is 1. The van der Waals surface area contributed by atoms with Crippen LogP contribution in [0.4, 0.5) is 0 Å². The summed E-state index contributed by atoms with van der Waals surface area (Å²) in [6.45, 7) is 0.884. The number of hydrogen-bond donors (Lipinski definition) is 3.